The summed E-state index contributed by atoms with van der Waals surface area (Å²) < 4.78 is 5.74. The summed E-state index contributed by atoms with van der Waals surface area (Å²) >= 11 is 0. The standard InChI is InChI=1S/C29H30N2O3/c1-19(2)34-25-12-10-23(11-13-25)26-27(30-24-17-20(3)16-21(4)18-24)29(33)31(28(26)32)15-14-22-8-6-5-7-9-22/h5-13,16-19,30H,14-15H2,1-4H3. The maximum absolute atomic E-state index is 13.5. The number of benzene rings is 3. The maximum Gasteiger partial charge on any atom is 0.278 e. The van der Waals surface area contributed by atoms with E-state index in [9.17, 15) is 9.59 Å². The van der Waals surface area contributed by atoms with Gasteiger partial charge < -0.3 is 10.1 Å². The fraction of sp³-hybridized carbons (Fsp3) is 0.241. The van der Waals surface area contributed by atoms with Crippen LogP contribution in [0.1, 0.15) is 36.1 Å². The van der Waals surface area contributed by atoms with Crippen molar-refractivity contribution < 1.29 is 14.3 Å². The van der Waals surface area contributed by atoms with E-state index in [1.807, 2.05) is 94.4 Å². The highest BCUT2D eigenvalue weighted by Crippen LogP contribution is 2.32. The molecule has 0 saturated carbocycles. The highest BCUT2D eigenvalue weighted by atomic mass is 16.5. The Bertz CT molecular complexity index is 1210. The molecule has 0 saturated heterocycles. The van der Waals surface area contributed by atoms with E-state index < -0.39 is 0 Å². The van der Waals surface area contributed by atoms with Crippen LogP contribution in [0.4, 0.5) is 5.69 Å². The number of rotatable bonds is 8. The molecule has 3 aromatic carbocycles. The van der Waals surface area contributed by atoms with Gasteiger partial charge >= 0.3 is 0 Å². The summed E-state index contributed by atoms with van der Waals surface area (Å²) in [5.41, 5.74) is 5.40. The zero-order valence-corrected chi connectivity index (χ0v) is 20.1. The van der Waals surface area contributed by atoms with E-state index in [-0.39, 0.29) is 17.9 Å². The fourth-order valence-corrected chi connectivity index (χ4v) is 4.21. The first-order valence-electron chi connectivity index (χ1n) is 11.6. The molecule has 0 radical (unpaired) electrons. The Hall–Kier alpha value is -3.86. The molecule has 5 nitrogen and oxygen atoms in total. The maximum atomic E-state index is 13.5. The van der Waals surface area contributed by atoms with Crippen LogP contribution in [0, 0.1) is 13.8 Å². The zero-order valence-electron chi connectivity index (χ0n) is 20.1. The van der Waals surface area contributed by atoms with Crippen molar-refractivity contribution in [2.24, 2.45) is 0 Å². The third-order valence-electron chi connectivity index (χ3n) is 5.64. The summed E-state index contributed by atoms with van der Waals surface area (Å²) in [4.78, 5) is 28.3. The van der Waals surface area contributed by atoms with Crippen molar-refractivity contribution in [3.05, 3.63) is 101 Å². The molecule has 0 aliphatic carbocycles. The molecule has 5 heteroatoms. The minimum Gasteiger partial charge on any atom is -0.491 e. The largest absolute Gasteiger partial charge is 0.491 e. The van der Waals surface area contributed by atoms with Gasteiger partial charge in [0, 0.05) is 12.2 Å². The monoisotopic (exact) mass is 454 g/mol. The van der Waals surface area contributed by atoms with Gasteiger partial charge in [-0.2, -0.15) is 0 Å². The van der Waals surface area contributed by atoms with Crippen molar-refractivity contribution in [1.29, 1.82) is 0 Å². The lowest BCUT2D eigenvalue weighted by Crippen LogP contribution is -2.34. The van der Waals surface area contributed by atoms with Gasteiger partial charge in [-0.15, -0.1) is 0 Å². The van der Waals surface area contributed by atoms with Crippen LogP contribution in [-0.4, -0.2) is 29.4 Å². The first-order valence-corrected chi connectivity index (χ1v) is 11.6. The van der Waals surface area contributed by atoms with E-state index in [4.69, 9.17) is 4.74 Å². The smallest absolute Gasteiger partial charge is 0.278 e. The lowest BCUT2D eigenvalue weighted by Gasteiger charge is -2.15. The second-order valence-corrected chi connectivity index (χ2v) is 8.94. The quantitative estimate of drug-likeness (QED) is 0.455. The molecule has 34 heavy (non-hydrogen) atoms. The number of nitrogens with one attached hydrogen (secondary N) is 1. The van der Waals surface area contributed by atoms with Crippen molar-refractivity contribution >= 4 is 23.1 Å². The predicted octanol–water partition coefficient (Wildman–Crippen LogP) is 5.53. The van der Waals surface area contributed by atoms with Crippen LogP contribution < -0.4 is 10.1 Å². The van der Waals surface area contributed by atoms with Crippen molar-refractivity contribution in [3.8, 4) is 5.75 Å². The van der Waals surface area contributed by atoms with E-state index in [0.717, 1.165) is 28.1 Å². The van der Waals surface area contributed by atoms with Crippen LogP contribution in [0.2, 0.25) is 0 Å². The van der Waals surface area contributed by atoms with Crippen LogP contribution in [0.15, 0.2) is 78.5 Å². The van der Waals surface area contributed by atoms with Crippen LogP contribution in [0.3, 0.4) is 0 Å². The normalized spacial score (nSPS) is 13.7. The number of anilines is 1. The topological polar surface area (TPSA) is 58.6 Å². The van der Waals surface area contributed by atoms with Crippen molar-refractivity contribution in [3.63, 3.8) is 0 Å². The molecule has 174 valence electrons. The Labute approximate surface area is 201 Å². The number of hydrogen-bond donors (Lipinski definition) is 1. The molecule has 1 N–H and O–H groups in total. The molecule has 4 rings (SSSR count). The molecule has 0 unspecified atom stereocenters. The third-order valence-corrected chi connectivity index (χ3v) is 5.64. The third kappa shape index (κ3) is 5.20. The Morgan fingerprint density at radius 1 is 0.853 bits per heavy atom. The van der Waals surface area contributed by atoms with E-state index in [1.54, 1.807) is 0 Å². The lowest BCUT2D eigenvalue weighted by molar-refractivity contribution is -0.136. The summed E-state index contributed by atoms with van der Waals surface area (Å²) in [6.45, 7) is 8.26. The van der Waals surface area contributed by atoms with E-state index in [1.165, 1.54) is 4.90 Å². The van der Waals surface area contributed by atoms with Crippen LogP contribution in [0.25, 0.3) is 5.57 Å². The average Bonchev–Trinajstić information content (AvgIpc) is 3.01. The molecule has 0 spiro atoms. The highest BCUT2D eigenvalue weighted by Gasteiger charge is 2.39. The first kappa shape index (κ1) is 23.3. The minimum atomic E-state index is -0.308. The number of ether oxygens (including phenoxy) is 1. The molecule has 0 atom stereocenters. The Morgan fingerprint density at radius 2 is 1.50 bits per heavy atom. The van der Waals surface area contributed by atoms with Crippen LogP contribution in [-0.2, 0) is 16.0 Å². The van der Waals surface area contributed by atoms with E-state index in [0.29, 0.717) is 29.8 Å². The number of amides is 2. The number of carbonyl (C=O) groups is 2. The molecular weight excluding hydrogens is 424 g/mol. The summed E-state index contributed by atoms with van der Waals surface area (Å²) in [7, 11) is 0. The van der Waals surface area contributed by atoms with Crippen molar-refractivity contribution in [1.82, 2.24) is 4.90 Å². The van der Waals surface area contributed by atoms with Gasteiger partial charge in [0.05, 0.1) is 11.7 Å². The van der Waals surface area contributed by atoms with Gasteiger partial charge in [0.1, 0.15) is 11.4 Å². The Morgan fingerprint density at radius 3 is 2.12 bits per heavy atom. The molecule has 1 aliphatic rings. The Kier molecular flexibility index (Phi) is 6.82. The van der Waals surface area contributed by atoms with E-state index in [2.05, 4.69) is 11.4 Å². The molecule has 1 aliphatic heterocycles. The lowest BCUT2D eigenvalue weighted by atomic mass is 10.0. The van der Waals surface area contributed by atoms with Gasteiger partial charge in [-0.1, -0.05) is 48.5 Å². The van der Waals surface area contributed by atoms with Gasteiger partial charge in [0.15, 0.2) is 0 Å². The van der Waals surface area contributed by atoms with Gasteiger partial charge in [-0.25, -0.2) is 0 Å². The van der Waals surface area contributed by atoms with E-state index >= 15 is 0 Å². The molecule has 1 heterocycles. The minimum absolute atomic E-state index is 0.0509. The predicted molar refractivity (Wildman–Crippen MR) is 136 cm³/mol. The zero-order chi connectivity index (χ0) is 24.2. The van der Waals surface area contributed by atoms with Crippen molar-refractivity contribution in [2.45, 2.75) is 40.2 Å². The number of carbonyl (C=O) groups excluding carboxylic acids is 2. The fourth-order valence-electron chi connectivity index (χ4n) is 4.21. The molecule has 2 amide bonds. The van der Waals surface area contributed by atoms with Crippen LogP contribution in [0.5, 0.6) is 5.75 Å². The highest BCUT2D eigenvalue weighted by molar-refractivity contribution is 6.36. The average molecular weight is 455 g/mol. The van der Waals surface area contributed by atoms with Gasteiger partial charge in [-0.3, -0.25) is 14.5 Å². The summed E-state index contributed by atoms with van der Waals surface area (Å²) in [5, 5.41) is 3.26. The SMILES string of the molecule is Cc1cc(C)cc(NC2=C(c3ccc(OC(C)C)cc3)C(=O)N(CCc3ccccc3)C2=O)c1. The van der Waals surface area contributed by atoms with Gasteiger partial charge in [0.2, 0.25) is 0 Å². The molecule has 0 fully saturated rings. The Balaban J connectivity index is 1.68. The molecular formula is C29H30N2O3. The number of imide groups is 1. The summed E-state index contributed by atoms with van der Waals surface area (Å²) in [6, 6.07) is 23.2. The molecule has 0 aromatic heterocycles. The van der Waals surface area contributed by atoms with Gasteiger partial charge in [-0.05, 0) is 80.6 Å². The van der Waals surface area contributed by atoms with Crippen molar-refractivity contribution in [2.75, 3.05) is 11.9 Å². The number of aryl methyl sites for hydroxylation is 2. The number of nitrogens with zero attached hydrogens (tertiary/aromatic N) is 1. The second kappa shape index (κ2) is 9.96. The van der Waals surface area contributed by atoms with Crippen LogP contribution >= 0.6 is 0 Å². The second-order valence-electron chi connectivity index (χ2n) is 8.94. The summed E-state index contributed by atoms with van der Waals surface area (Å²) in [5.74, 6) is 0.129. The number of hydrogen-bond acceptors (Lipinski definition) is 4. The summed E-state index contributed by atoms with van der Waals surface area (Å²) in [6.07, 6.45) is 0.652. The van der Waals surface area contributed by atoms with Gasteiger partial charge in [0.25, 0.3) is 11.8 Å². The molecule has 3 aromatic rings. The first-order chi connectivity index (χ1) is 16.3. The molecule has 0 bridgehead atoms.